The summed E-state index contributed by atoms with van der Waals surface area (Å²) in [6, 6.07) is 0. The van der Waals surface area contributed by atoms with Crippen molar-refractivity contribution in [3.63, 3.8) is 0 Å². The lowest BCUT2D eigenvalue weighted by molar-refractivity contribution is -0.0118. The maximum absolute atomic E-state index is 9.28. The van der Waals surface area contributed by atoms with Gasteiger partial charge in [-0.3, -0.25) is 4.90 Å². The Kier molecular flexibility index (Phi) is 3.71. The van der Waals surface area contributed by atoms with Crippen molar-refractivity contribution in [3.05, 3.63) is 0 Å². The van der Waals surface area contributed by atoms with E-state index < -0.39 is 0 Å². The van der Waals surface area contributed by atoms with Gasteiger partial charge in [0.2, 0.25) is 0 Å². The fraction of sp³-hybridized carbons (Fsp3) is 1.00. The van der Waals surface area contributed by atoms with Crippen molar-refractivity contribution >= 4 is 0 Å². The second-order valence-electron chi connectivity index (χ2n) is 4.70. The zero-order valence-corrected chi connectivity index (χ0v) is 8.92. The molecule has 0 unspecified atom stereocenters. The van der Waals surface area contributed by atoms with E-state index in [1.165, 1.54) is 0 Å². The molecule has 1 heterocycles. The average molecular weight is 187 g/mol. The highest BCUT2D eigenvalue weighted by molar-refractivity contribution is 4.74. The zero-order chi connectivity index (χ0) is 9.90. The van der Waals surface area contributed by atoms with Crippen LogP contribution < -0.4 is 0 Å². The van der Waals surface area contributed by atoms with Crippen molar-refractivity contribution in [3.8, 4) is 0 Å². The molecule has 0 bridgehead atoms. The molecule has 0 aromatic carbocycles. The van der Waals surface area contributed by atoms with Crippen molar-refractivity contribution in [1.29, 1.82) is 0 Å². The molecule has 13 heavy (non-hydrogen) atoms. The number of ether oxygens (including phenoxy) is 1. The molecule has 0 saturated carbocycles. The standard InChI is InChI=1S/C10H21NO2/c1-10(2,3)13-7-6-11-5-4-9(12)8-11/h9,12H,4-8H2,1-3H3/t9-/m1/s1. The van der Waals surface area contributed by atoms with Crippen LogP contribution in [0.1, 0.15) is 27.2 Å². The van der Waals surface area contributed by atoms with Gasteiger partial charge < -0.3 is 9.84 Å². The molecular weight excluding hydrogens is 166 g/mol. The van der Waals surface area contributed by atoms with Gasteiger partial charge in [-0.15, -0.1) is 0 Å². The van der Waals surface area contributed by atoms with Gasteiger partial charge in [-0.1, -0.05) is 0 Å². The first-order chi connectivity index (χ1) is 5.97. The van der Waals surface area contributed by atoms with E-state index in [0.717, 1.165) is 32.7 Å². The molecule has 0 amide bonds. The molecule has 0 aromatic heterocycles. The van der Waals surface area contributed by atoms with Crippen LogP contribution in [0.4, 0.5) is 0 Å². The van der Waals surface area contributed by atoms with Gasteiger partial charge in [-0.2, -0.15) is 0 Å². The maximum atomic E-state index is 9.28. The van der Waals surface area contributed by atoms with Gasteiger partial charge in [-0.25, -0.2) is 0 Å². The first-order valence-electron chi connectivity index (χ1n) is 5.02. The van der Waals surface area contributed by atoms with Crippen LogP contribution in [-0.4, -0.2) is 48.0 Å². The third kappa shape index (κ3) is 4.60. The average Bonchev–Trinajstić information content (AvgIpc) is 2.33. The fourth-order valence-corrected chi connectivity index (χ4v) is 1.50. The Labute approximate surface area is 80.7 Å². The Balaban J connectivity index is 2.07. The molecule has 0 spiro atoms. The number of aliphatic hydroxyl groups is 1. The van der Waals surface area contributed by atoms with Crippen molar-refractivity contribution in [1.82, 2.24) is 4.90 Å². The van der Waals surface area contributed by atoms with Gasteiger partial charge in [0.1, 0.15) is 0 Å². The van der Waals surface area contributed by atoms with Crippen LogP contribution >= 0.6 is 0 Å². The summed E-state index contributed by atoms with van der Waals surface area (Å²) in [7, 11) is 0. The summed E-state index contributed by atoms with van der Waals surface area (Å²) in [5, 5.41) is 9.28. The van der Waals surface area contributed by atoms with Gasteiger partial charge >= 0.3 is 0 Å². The van der Waals surface area contributed by atoms with E-state index in [9.17, 15) is 5.11 Å². The topological polar surface area (TPSA) is 32.7 Å². The number of rotatable bonds is 3. The Bertz CT molecular complexity index is 153. The highest BCUT2D eigenvalue weighted by atomic mass is 16.5. The summed E-state index contributed by atoms with van der Waals surface area (Å²) in [4.78, 5) is 2.25. The van der Waals surface area contributed by atoms with Crippen molar-refractivity contribution in [2.75, 3.05) is 26.2 Å². The summed E-state index contributed by atoms with van der Waals surface area (Å²) in [6.07, 6.45) is 0.796. The number of aliphatic hydroxyl groups excluding tert-OH is 1. The van der Waals surface area contributed by atoms with Gasteiger partial charge in [0, 0.05) is 19.6 Å². The lowest BCUT2D eigenvalue weighted by Gasteiger charge is -2.22. The molecule has 1 atom stereocenters. The summed E-state index contributed by atoms with van der Waals surface area (Å²) < 4.78 is 5.60. The normalized spacial score (nSPS) is 25.4. The van der Waals surface area contributed by atoms with E-state index in [-0.39, 0.29) is 11.7 Å². The van der Waals surface area contributed by atoms with Gasteiger partial charge in [0.25, 0.3) is 0 Å². The van der Waals surface area contributed by atoms with Crippen molar-refractivity contribution in [2.24, 2.45) is 0 Å². The number of likely N-dealkylation sites (tertiary alicyclic amines) is 1. The largest absolute Gasteiger partial charge is 0.392 e. The number of hydrogen-bond acceptors (Lipinski definition) is 3. The molecule has 0 aliphatic carbocycles. The SMILES string of the molecule is CC(C)(C)OCCN1CC[C@@H](O)C1. The zero-order valence-electron chi connectivity index (χ0n) is 8.92. The van der Waals surface area contributed by atoms with Gasteiger partial charge in [0.15, 0.2) is 0 Å². The van der Waals surface area contributed by atoms with Gasteiger partial charge in [0.05, 0.1) is 18.3 Å². The Morgan fingerprint density at radius 3 is 2.62 bits per heavy atom. The molecule has 1 aliphatic rings. The summed E-state index contributed by atoms with van der Waals surface area (Å²) in [5.41, 5.74) is -0.0433. The molecule has 1 rings (SSSR count). The molecule has 1 N–H and O–H groups in total. The monoisotopic (exact) mass is 187 g/mol. The van der Waals surface area contributed by atoms with E-state index in [2.05, 4.69) is 25.7 Å². The second-order valence-corrected chi connectivity index (χ2v) is 4.70. The van der Waals surface area contributed by atoms with Crippen molar-refractivity contribution < 1.29 is 9.84 Å². The number of hydrogen-bond donors (Lipinski definition) is 1. The van der Waals surface area contributed by atoms with Crippen LogP contribution in [0.3, 0.4) is 0 Å². The highest BCUT2D eigenvalue weighted by Crippen LogP contribution is 2.10. The molecule has 3 nitrogen and oxygen atoms in total. The van der Waals surface area contributed by atoms with Crippen LogP contribution in [0.2, 0.25) is 0 Å². The number of nitrogens with zero attached hydrogens (tertiary/aromatic N) is 1. The quantitative estimate of drug-likeness (QED) is 0.711. The molecule has 78 valence electrons. The van der Waals surface area contributed by atoms with Crippen LogP contribution in [0, 0.1) is 0 Å². The van der Waals surface area contributed by atoms with Crippen molar-refractivity contribution in [2.45, 2.75) is 38.9 Å². The molecular formula is C10H21NO2. The molecule has 1 saturated heterocycles. The summed E-state index contributed by atoms with van der Waals surface area (Å²) in [6.45, 7) is 9.70. The summed E-state index contributed by atoms with van der Waals surface area (Å²) in [5.74, 6) is 0. The van der Waals surface area contributed by atoms with E-state index in [1.807, 2.05) is 0 Å². The first-order valence-corrected chi connectivity index (χ1v) is 5.02. The van der Waals surface area contributed by atoms with Crippen LogP contribution in [0.5, 0.6) is 0 Å². The Morgan fingerprint density at radius 2 is 2.15 bits per heavy atom. The molecule has 0 radical (unpaired) electrons. The predicted octanol–water partition coefficient (Wildman–Crippen LogP) is 0.868. The van der Waals surface area contributed by atoms with Crippen LogP contribution in [-0.2, 0) is 4.74 Å². The van der Waals surface area contributed by atoms with Gasteiger partial charge in [-0.05, 0) is 27.2 Å². The van der Waals surface area contributed by atoms with E-state index in [1.54, 1.807) is 0 Å². The first kappa shape index (κ1) is 11.0. The minimum Gasteiger partial charge on any atom is -0.392 e. The minimum atomic E-state index is -0.116. The lowest BCUT2D eigenvalue weighted by Crippen LogP contribution is -2.29. The van der Waals surface area contributed by atoms with Crippen LogP contribution in [0.15, 0.2) is 0 Å². The predicted molar refractivity (Wildman–Crippen MR) is 52.8 cm³/mol. The lowest BCUT2D eigenvalue weighted by atomic mass is 10.2. The van der Waals surface area contributed by atoms with Crippen LogP contribution in [0.25, 0.3) is 0 Å². The number of β-amino-alcohol motifs (C(OH)–C–C–N with tert-alkyl or cyclic N) is 1. The molecule has 3 heteroatoms. The van der Waals surface area contributed by atoms with E-state index in [0.29, 0.717) is 0 Å². The fourth-order valence-electron chi connectivity index (χ4n) is 1.50. The Hall–Kier alpha value is -0.120. The third-order valence-corrected chi connectivity index (χ3v) is 2.19. The smallest absolute Gasteiger partial charge is 0.0679 e. The highest BCUT2D eigenvalue weighted by Gasteiger charge is 2.20. The van der Waals surface area contributed by atoms with E-state index >= 15 is 0 Å². The molecule has 1 fully saturated rings. The molecule has 1 aliphatic heterocycles. The maximum Gasteiger partial charge on any atom is 0.0679 e. The summed E-state index contributed by atoms with van der Waals surface area (Å²) >= 11 is 0. The second kappa shape index (κ2) is 4.40. The molecule has 0 aromatic rings. The van der Waals surface area contributed by atoms with E-state index in [4.69, 9.17) is 4.74 Å². The minimum absolute atomic E-state index is 0.0433. The Morgan fingerprint density at radius 1 is 1.46 bits per heavy atom. The third-order valence-electron chi connectivity index (χ3n) is 2.19.